The second-order valence-corrected chi connectivity index (χ2v) is 5.43. The molecule has 0 aromatic heterocycles. The maximum Gasteiger partial charge on any atom is 0.407 e. The van der Waals surface area contributed by atoms with E-state index in [1.54, 1.807) is 12.1 Å². The Hall–Kier alpha value is -1.91. The zero-order valence-corrected chi connectivity index (χ0v) is 11.9. The number of ether oxygens (including phenoxy) is 2. The fourth-order valence-electron chi connectivity index (χ4n) is 1.38. The van der Waals surface area contributed by atoms with Crippen molar-refractivity contribution in [2.45, 2.75) is 39.3 Å². The van der Waals surface area contributed by atoms with Crippen molar-refractivity contribution in [2.24, 2.45) is 0 Å². The SMILES string of the molecule is CC(COc1cccc(N)c1)NC(=O)OC(C)(C)C. The lowest BCUT2D eigenvalue weighted by Crippen LogP contribution is -2.40. The molecule has 0 aliphatic carbocycles. The van der Waals surface area contributed by atoms with Gasteiger partial charge in [0.1, 0.15) is 18.0 Å². The van der Waals surface area contributed by atoms with E-state index in [-0.39, 0.29) is 6.04 Å². The summed E-state index contributed by atoms with van der Waals surface area (Å²) in [6, 6.07) is 7.00. The minimum Gasteiger partial charge on any atom is -0.491 e. The van der Waals surface area contributed by atoms with Gasteiger partial charge in [0.2, 0.25) is 0 Å². The Morgan fingerprint density at radius 1 is 1.42 bits per heavy atom. The Morgan fingerprint density at radius 2 is 2.11 bits per heavy atom. The van der Waals surface area contributed by atoms with Crippen LogP contribution in [0.4, 0.5) is 10.5 Å². The van der Waals surface area contributed by atoms with Crippen LogP contribution in [0, 0.1) is 0 Å². The van der Waals surface area contributed by atoms with E-state index in [2.05, 4.69) is 5.32 Å². The molecule has 3 N–H and O–H groups in total. The number of alkyl carbamates (subject to hydrolysis) is 1. The Morgan fingerprint density at radius 3 is 2.68 bits per heavy atom. The summed E-state index contributed by atoms with van der Waals surface area (Å²) in [7, 11) is 0. The van der Waals surface area contributed by atoms with Crippen LogP contribution < -0.4 is 15.8 Å². The van der Waals surface area contributed by atoms with Gasteiger partial charge in [-0.15, -0.1) is 0 Å². The van der Waals surface area contributed by atoms with Crippen LogP contribution in [0.15, 0.2) is 24.3 Å². The summed E-state index contributed by atoms with van der Waals surface area (Å²) in [4.78, 5) is 11.5. The first-order valence-electron chi connectivity index (χ1n) is 6.24. The van der Waals surface area contributed by atoms with E-state index in [1.165, 1.54) is 0 Å². The molecule has 0 aliphatic rings. The van der Waals surface area contributed by atoms with Crippen molar-refractivity contribution in [3.05, 3.63) is 24.3 Å². The number of carbonyl (C=O) groups is 1. The number of anilines is 1. The smallest absolute Gasteiger partial charge is 0.407 e. The summed E-state index contributed by atoms with van der Waals surface area (Å²) >= 11 is 0. The topological polar surface area (TPSA) is 73.6 Å². The van der Waals surface area contributed by atoms with E-state index in [1.807, 2.05) is 39.8 Å². The van der Waals surface area contributed by atoms with Gasteiger partial charge in [-0.1, -0.05) is 6.07 Å². The largest absolute Gasteiger partial charge is 0.491 e. The van der Waals surface area contributed by atoms with Crippen LogP contribution >= 0.6 is 0 Å². The van der Waals surface area contributed by atoms with Gasteiger partial charge in [-0.3, -0.25) is 0 Å². The van der Waals surface area contributed by atoms with Gasteiger partial charge in [-0.2, -0.15) is 0 Å². The van der Waals surface area contributed by atoms with Crippen molar-refractivity contribution in [3.63, 3.8) is 0 Å². The Bertz CT molecular complexity index is 427. The first-order valence-corrected chi connectivity index (χ1v) is 6.24. The van der Waals surface area contributed by atoms with Crippen LogP contribution in [0.3, 0.4) is 0 Å². The molecule has 1 atom stereocenters. The third kappa shape index (κ3) is 6.55. The van der Waals surface area contributed by atoms with E-state index in [0.717, 1.165) is 0 Å². The molecule has 0 bridgehead atoms. The molecule has 0 saturated heterocycles. The molecule has 5 heteroatoms. The molecule has 106 valence electrons. The molecular weight excluding hydrogens is 244 g/mol. The summed E-state index contributed by atoms with van der Waals surface area (Å²) in [5.41, 5.74) is 5.79. The molecule has 1 aromatic carbocycles. The molecule has 1 amide bonds. The van der Waals surface area contributed by atoms with Gasteiger partial charge in [-0.05, 0) is 39.8 Å². The van der Waals surface area contributed by atoms with Crippen molar-refractivity contribution < 1.29 is 14.3 Å². The fraction of sp³-hybridized carbons (Fsp3) is 0.500. The molecule has 1 rings (SSSR count). The molecule has 0 spiro atoms. The molecule has 0 radical (unpaired) electrons. The molecular formula is C14H22N2O3. The minimum atomic E-state index is -0.501. The quantitative estimate of drug-likeness (QED) is 0.821. The highest BCUT2D eigenvalue weighted by Crippen LogP contribution is 2.14. The van der Waals surface area contributed by atoms with Crippen LogP contribution in [0.1, 0.15) is 27.7 Å². The summed E-state index contributed by atoms with van der Waals surface area (Å²) in [5, 5.41) is 2.70. The average Bonchev–Trinajstić information content (AvgIpc) is 2.23. The third-order valence-corrected chi connectivity index (χ3v) is 2.12. The number of nitrogen functional groups attached to an aromatic ring is 1. The molecule has 19 heavy (non-hydrogen) atoms. The number of hydrogen-bond acceptors (Lipinski definition) is 4. The summed E-state index contributed by atoms with van der Waals surface area (Å²) < 4.78 is 10.7. The van der Waals surface area contributed by atoms with Gasteiger partial charge in [0.15, 0.2) is 0 Å². The third-order valence-electron chi connectivity index (χ3n) is 2.12. The minimum absolute atomic E-state index is 0.156. The van der Waals surface area contributed by atoms with Gasteiger partial charge in [0.25, 0.3) is 0 Å². The maximum atomic E-state index is 11.5. The van der Waals surface area contributed by atoms with E-state index in [0.29, 0.717) is 18.0 Å². The molecule has 0 heterocycles. The number of amides is 1. The monoisotopic (exact) mass is 266 g/mol. The van der Waals surface area contributed by atoms with Crippen molar-refractivity contribution >= 4 is 11.8 Å². The lowest BCUT2D eigenvalue weighted by atomic mass is 10.2. The standard InChI is InChI=1S/C14H22N2O3/c1-10(16-13(17)19-14(2,3)4)9-18-12-7-5-6-11(15)8-12/h5-8,10H,9,15H2,1-4H3,(H,16,17). The molecule has 0 aliphatic heterocycles. The molecule has 0 saturated carbocycles. The zero-order chi connectivity index (χ0) is 14.5. The summed E-state index contributed by atoms with van der Waals surface area (Å²) in [6.07, 6.45) is -0.448. The summed E-state index contributed by atoms with van der Waals surface area (Å²) in [6.45, 7) is 7.65. The van der Waals surface area contributed by atoms with Crippen LogP contribution in [0.25, 0.3) is 0 Å². The number of hydrogen-bond donors (Lipinski definition) is 2. The van der Waals surface area contributed by atoms with Crippen LogP contribution in [0.5, 0.6) is 5.75 Å². The number of nitrogens with one attached hydrogen (secondary N) is 1. The van der Waals surface area contributed by atoms with Crippen molar-refractivity contribution in [1.29, 1.82) is 0 Å². The lowest BCUT2D eigenvalue weighted by molar-refractivity contribution is 0.0494. The highest BCUT2D eigenvalue weighted by molar-refractivity contribution is 5.68. The van der Waals surface area contributed by atoms with Gasteiger partial charge < -0.3 is 20.5 Å². The van der Waals surface area contributed by atoms with E-state index in [9.17, 15) is 4.79 Å². The second-order valence-electron chi connectivity index (χ2n) is 5.43. The van der Waals surface area contributed by atoms with Crippen LogP contribution in [-0.4, -0.2) is 24.3 Å². The summed E-state index contributed by atoms with van der Waals surface area (Å²) in [5.74, 6) is 0.679. The highest BCUT2D eigenvalue weighted by Gasteiger charge is 2.17. The number of nitrogens with two attached hydrogens (primary N) is 1. The molecule has 1 aromatic rings. The normalized spacial score (nSPS) is 12.6. The van der Waals surface area contributed by atoms with Crippen LogP contribution in [-0.2, 0) is 4.74 Å². The van der Waals surface area contributed by atoms with E-state index < -0.39 is 11.7 Å². The van der Waals surface area contributed by atoms with Gasteiger partial charge in [0.05, 0.1) is 6.04 Å². The predicted molar refractivity (Wildman–Crippen MR) is 75.2 cm³/mol. The molecule has 1 unspecified atom stereocenters. The lowest BCUT2D eigenvalue weighted by Gasteiger charge is -2.22. The number of rotatable bonds is 4. The van der Waals surface area contributed by atoms with Crippen LogP contribution in [0.2, 0.25) is 0 Å². The van der Waals surface area contributed by atoms with Crippen molar-refractivity contribution in [3.8, 4) is 5.75 Å². The zero-order valence-electron chi connectivity index (χ0n) is 11.9. The highest BCUT2D eigenvalue weighted by atomic mass is 16.6. The first-order chi connectivity index (χ1) is 8.76. The van der Waals surface area contributed by atoms with Gasteiger partial charge in [-0.25, -0.2) is 4.79 Å². The van der Waals surface area contributed by atoms with Gasteiger partial charge >= 0.3 is 6.09 Å². The Balaban J connectivity index is 2.36. The number of carbonyl (C=O) groups excluding carboxylic acids is 1. The Kier molecular flexibility index (Phi) is 5.03. The van der Waals surface area contributed by atoms with Crippen molar-refractivity contribution in [1.82, 2.24) is 5.32 Å². The average molecular weight is 266 g/mol. The maximum absolute atomic E-state index is 11.5. The predicted octanol–water partition coefficient (Wildman–Crippen LogP) is 2.56. The van der Waals surface area contributed by atoms with E-state index in [4.69, 9.17) is 15.2 Å². The molecule has 5 nitrogen and oxygen atoms in total. The van der Waals surface area contributed by atoms with E-state index >= 15 is 0 Å². The molecule has 0 fully saturated rings. The van der Waals surface area contributed by atoms with Crippen molar-refractivity contribution in [2.75, 3.05) is 12.3 Å². The second kappa shape index (κ2) is 6.31. The number of benzene rings is 1. The van der Waals surface area contributed by atoms with Gasteiger partial charge in [0, 0.05) is 11.8 Å². The fourth-order valence-corrected chi connectivity index (χ4v) is 1.38. The Labute approximate surface area is 114 Å². The first kappa shape index (κ1) is 15.1.